The van der Waals surface area contributed by atoms with Crippen LogP contribution in [0.3, 0.4) is 0 Å². The van der Waals surface area contributed by atoms with Crippen LogP contribution in [0.4, 0.5) is 18.9 Å². The van der Waals surface area contributed by atoms with Crippen molar-refractivity contribution in [3.63, 3.8) is 0 Å². The maximum Gasteiger partial charge on any atom is 0.416 e. The van der Waals surface area contributed by atoms with Crippen LogP contribution in [0.5, 0.6) is 11.5 Å². The highest BCUT2D eigenvalue weighted by atomic mass is 35.5. The molecule has 230 valence electrons. The van der Waals surface area contributed by atoms with E-state index in [1.807, 2.05) is 14.1 Å². The van der Waals surface area contributed by atoms with E-state index in [0.717, 1.165) is 24.3 Å². The van der Waals surface area contributed by atoms with E-state index in [0.29, 0.717) is 18.4 Å². The van der Waals surface area contributed by atoms with Gasteiger partial charge in [0.25, 0.3) is 11.6 Å². The van der Waals surface area contributed by atoms with Crippen LogP contribution in [0.1, 0.15) is 15.9 Å². The van der Waals surface area contributed by atoms with Gasteiger partial charge in [0.05, 0.1) is 34.6 Å². The summed E-state index contributed by atoms with van der Waals surface area (Å²) in [6, 6.07) is 5.09. The predicted octanol–water partition coefficient (Wildman–Crippen LogP) is 2.38. The number of hydrogen-bond acceptors (Lipinski definition) is 10. The van der Waals surface area contributed by atoms with Crippen molar-refractivity contribution in [3.05, 3.63) is 62.7 Å². The van der Waals surface area contributed by atoms with Gasteiger partial charge in [0.15, 0.2) is 0 Å². The fourth-order valence-corrected chi connectivity index (χ4v) is 3.41. The van der Waals surface area contributed by atoms with Gasteiger partial charge in [0.2, 0.25) is 10.0 Å². The fraction of sp³-hybridized carbons (Fsp3) is 0.300. The minimum atomic E-state index is -4.62. The standard InChI is InChI=1S/C15H10ClF3N2O6S.C3H8NO5P.C2H7N/c1-28(25,26)20-14(22)10-7-9(3-4-12(10)21(23)24)27-13-5-2-8(6-11(13)16)15(17,18)19;5-3(6)1-4-2-10(7,8)9;1-3-2/h2-7H,1H3,(H,20,22);4H,1-2H2,(H,5,6)(H2,7,8,9);3H,1-2H3. The summed E-state index contributed by atoms with van der Waals surface area (Å²) in [7, 11) is -4.35. The first kappa shape index (κ1) is 37.7. The van der Waals surface area contributed by atoms with Gasteiger partial charge in [0.1, 0.15) is 17.1 Å². The molecule has 1 amide bonds. The molecule has 0 aromatic heterocycles. The largest absolute Gasteiger partial charge is 0.480 e. The molecule has 41 heavy (non-hydrogen) atoms. The van der Waals surface area contributed by atoms with Gasteiger partial charge in [-0.25, -0.2) is 13.1 Å². The molecule has 0 radical (unpaired) electrons. The van der Waals surface area contributed by atoms with Crippen LogP contribution in [-0.4, -0.2) is 73.3 Å². The van der Waals surface area contributed by atoms with Crippen LogP contribution in [-0.2, 0) is 25.6 Å². The monoisotopic (exact) mass is 652 g/mol. The molecule has 15 nitrogen and oxygen atoms in total. The third-order valence-corrected chi connectivity index (χ3v) is 5.26. The van der Waals surface area contributed by atoms with E-state index in [1.54, 1.807) is 4.72 Å². The van der Waals surface area contributed by atoms with E-state index >= 15 is 0 Å². The van der Waals surface area contributed by atoms with Gasteiger partial charge >= 0.3 is 19.7 Å². The molecule has 0 bridgehead atoms. The number of nitro benzene ring substituents is 1. The average molecular weight is 653 g/mol. The van der Waals surface area contributed by atoms with Gasteiger partial charge < -0.3 is 24.9 Å². The molecule has 0 aliphatic carbocycles. The lowest BCUT2D eigenvalue weighted by molar-refractivity contribution is -0.385. The van der Waals surface area contributed by atoms with Crippen molar-refractivity contribution >= 4 is 46.8 Å². The Labute approximate surface area is 236 Å². The van der Waals surface area contributed by atoms with Gasteiger partial charge in [-0.15, -0.1) is 0 Å². The van der Waals surface area contributed by atoms with Crippen molar-refractivity contribution < 1.29 is 60.3 Å². The topological polar surface area (TPSA) is 234 Å². The number of nitrogens with one attached hydrogen (secondary N) is 3. The number of aliphatic carboxylic acids is 1. The molecular formula is C20H25ClF3N4O11PS. The van der Waals surface area contributed by atoms with Crippen molar-refractivity contribution in [1.29, 1.82) is 0 Å². The summed E-state index contributed by atoms with van der Waals surface area (Å²) in [6.45, 7) is -0.439. The minimum absolute atomic E-state index is 0.189. The summed E-state index contributed by atoms with van der Waals surface area (Å²) >= 11 is 5.76. The number of ether oxygens (including phenoxy) is 1. The molecule has 2 rings (SSSR count). The Bertz CT molecular complexity index is 1390. The molecule has 21 heteroatoms. The predicted molar refractivity (Wildman–Crippen MR) is 139 cm³/mol. The second-order valence-electron chi connectivity index (χ2n) is 7.53. The number of alkyl halides is 3. The molecule has 0 saturated heterocycles. The molecule has 0 fully saturated rings. The molecule has 0 aliphatic heterocycles. The lowest BCUT2D eigenvalue weighted by Crippen LogP contribution is -2.29. The van der Waals surface area contributed by atoms with Crippen molar-refractivity contribution in [2.45, 2.75) is 6.18 Å². The second-order valence-corrected chi connectivity index (χ2v) is 11.3. The molecule has 0 aliphatic rings. The van der Waals surface area contributed by atoms with Crippen LogP contribution in [0.15, 0.2) is 36.4 Å². The quantitative estimate of drug-likeness (QED) is 0.130. The first-order valence-corrected chi connectivity index (χ1v) is 14.6. The Kier molecular flexibility index (Phi) is 14.9. The number of benzene rings is 2. The number of sulfonamides is 1. The lowest BCUT2D eigenvalue weighted by atomic mass is 10.1. The number of carboxylic acid groups (broad SMARTS) is 1. The van der Waals surface area contributed by atoms with Crippen molar-refractivity contribution in [2.75, 3.05) is 33.2 Å². The highest BCUT2D eigenvalue weighted by molar-refractivity contribution is 7.89. The van der Waals surface area contributed by atoms with Gasteiger partial charge in [0, 0.05) is 12.1 Å². The van der Waals surface area contributed by atoms with E-state index in [4.69, 9.17) is 31.2 Å². The van der Waals surface area contributed by atoms with Gasteiger partial charge in [-0.05, 0) is 38.4 Å². The molecule has 0 heterocycles. The van der Waals surface area contributed by atoms with Crippen LogP contribution in [0.2, 0.25) is 5.02 Å². The van der Waals surface area contributed by atoms with Crippen molar-refractivity contribution in [2.24, 2.45) is 0 Å². The first-order chi connectivity index (χ1) is 18.6. The molecular weight excluding hydrogens is 628 g/mol. The highest BCUT2D eigenvalue weighted by Gasteiger charge is 2.31. The van der Waals surface area contributed by atoms with Gasteiger partial charge in [-0.3, -0.25) is 29.6 Å². The molecule has 0 saturated carbocycles. The van der Waals surface area contributed by atoms with Gasteiger partial charge in [-0.2, -0.15) is 13.2 Å². The van der Waals surface area contributed by atoms with E-state index < -0.39 is 75.3 Å². The number of nitro groups is 1. The third-order valence-electron chi connectivity index (χ3n) is 3.77. The maximum absolute atomic E-state index is 12.7. The van der Waals surface area contributed by atoms with E-state index in [1.165, 1.54) is 0 Å². The van der Waals surface area contributed by atoms with Crippen LogP contribution < -0.4 is 20.1 Å². The molecule has 0 spiro atoms. The Morgan fingerprint density at radius 2 is 1.71 bits per heavy atom. The first-order valence-electron chi connectivity index (χ1n) is 10.5. The Morgan fingerprint density at radius 3 is 2.12 bits per heavy atom. The summed E-state index contributed by atoms with van der Waals surface area (Å²) in [6.07, 6.45) is -4.54. The Morgan fingerprint density at radius 1 is 1.15 bits per heavy atom. The van der Waals surface area contributed by atoms with Gasteiger partial charge in [-0.1, -0.05) is 11.6 Å². The summed E-state index contributed by atoms with van der Waals surface area (Å²) in [5.41, 5.74) is -2.34. The number of amides is 1. The maximum atomic E-state index is 12.7. The average Bonchev–Trinajstić information content (AvgIpc) is 2.78. The van der Waals surface area contributed by atoms with Crippen molar-refractivity contribution in [3.8, 4) is 11.5 Å². The highest BCUT2D eigenvalue weighted by Crippen LogP contribution is 2.37. The van der Waals surface area contributed by atoms with E-state index in [9.17, 15) is 45.9 Å². The van der Waals surface area contributed by atoms with Crippen LogP contribution in [0, 0.1) is 10.1 Å². The number of rotatable bonds is 9. The molecule has 2 aromatic carbocycles. The zero-order valence-electron chi connectivity index (χ0n) is 21.3. The summed E-state index contributed by atoms with van der Waals surface area (Å²) in [5.74, 6) is -2.82. The smallest absolute Gasteiger partial charge is 0.416 e. The fourth-order valence-electron chi connectivity index (χ4n) is 2.34. The number of carboxylic acids is 1. The molecule has 2 aromatic rings. The summed E-state index contributed by atoms with van der Waals surface area (Å²) in [5, 5.41) is 23.5. The van der Waals surface area contributed by atoms with E-state index in [-0.39, 0.29) is 11.5 Å². The van der Waals surface area contributed by atoms with E-state index in [2.05, 4.69) is 10.6 Å². The third kappa shape index (κ3) is 15.9. The Hall–Kier alpha value is -3.32. The number of halogens is 4. The Balaban J connectivity index is 0.00000103. The molecule has 0 atom stereocenters. The SMILES string of the molecule is CNC.CS(=O)(=O)NC(=O)c1cc(Oc2ccc(C(F)(F)F)cc2Cl)ccc1[N+](=O)[O-].O=C(O)CNCP(=O)(O)O. The van der Waals surface area contributed by atoms with Crippen molar-refractivity contribution in [1.82, 2.24) is 15.4 Å². The number of nitrogens with zero attached hydrogens (tertiary/aromatic N) is 1. The lowest BCUT2D eigenvalue weighted by Gasteiger charge is -2.12. The normalized spacial score (nSPS) is 11.2. The minimum Gasteiger partial charge on any atom is -0.480 e. The number of hydrogen-bond donors (Lipinski definition) is 6. The van der Waals surface area contributed by atoms with Crippen LogP contribution in [0.25, 0.3) is 0 Å². The zero-order chi connectivity index (χ0) is 32.2. The second kappa shape index (κ2) is 16.2. The summed E-state index contributed by atoms with van der Waals surface area (Å²) < 4.78 is 77.3. The number of carbonyl (C=O) groups is 2. The van der Waals surface area contributed by atoms with Crippen LogP contribution >= 0.6 is 19.2 Å². The zero-order valence-corrected chi connectivity index (χ0v) is 23.8. The number of carbonyl (C=O) groups excluding carboxylic acids is 1. The molecule has 6 N–H and O–H groups in total. The molecule has 0 unspecified atom stereocenters. The summed E-state index contributed by atoms with van der Waals surface area (Å²) in [4.78, 5) is 48.3.